The number of hydrogen-bond donors (Lipinski definition) is 0. The summed E-state index contributed by atoms with van der Waals surface area (Å²) in [6.45, 7) is 6.85. The Morgan fingerprint density at radius 1 is 1.18 bits per heavy atom. The Labute approximate surface area is 130 Å². The molecule has 0 aliphatic heterocycles. The van der Waals surface area contributed by atoms with E-state index in [4.69, 9.17) is 9.15 Å². The Morgan fingerprint density at radius 2 is 2.00 bits per heavy atom. The number of fused-ring (bicyclic) bond motifs is 1. The molecule has 1 heterocycles. The summed E-state index contributed by atoms with van der Waals surface area (Å²) in [7, 11) is 0. The minimum Gasteiger partial charge on any atom is -0.489 e. The van der Waals surface area contributed by atoms with Crippen LogP contribution in [0.3, 0.4) is 0 Å². The van der Waals surface area contributed by atoms with Crippen LogP contribution in [0.2, 0.25) is 0 Å². The Bertz CT molecular complexity index is 747. The van der Waals surface area contributed by atoms with Gasteiger partial charge in [0, 0.05) is 12.1 Å². The molecular weight excluding hydrogens is 276 g/mol. The zero-order valence-electron chi connectivity index (χ0n) is 13.4. The topological polar surface area (TPSA) is 39.4 Å². The third-order valence-electron chi connectivity index (χ3n) is 3.41. The summed E-state index contributed by atoms with van der Waals surface area (Å²) in [5, 5.41) is 0.572. The fraction of sp³-hybridized carbons (Fsp3) is 0.316. The van der Waals surface area contributed by atoms with Gasteiger partial charge in [-0.2, -0.15) is 0 Å². The molecule has 0 unspecified atom stereocenters. The van der Waals surface area contributed by atoms with Gasteiger partial charge in [-0.15, -0.1) is 0 Å². The van der Waals surface area contributed by atoms with E-state index in [1.807, 2.05) is 0 Å². The highest BCUT2D eigenvalue weighted by atomic mass is 16.5. The van der Waals surface area contributed by atoms with Crippen LogP contribution in [-0.2, 0) is 0 Å². The van der Waals surface area contributed by atoms with Gasteiger partial charge in [-0.1, -0.05) is 17.2 Å². The van der Waals surface area contributed by atoms with Crippen LogP contribution in [0.25, 0.3) is 11.0 Å². The van der Waals surface area contributed by atoms with Gasteiger partial charge in [0.15, 0.2) is 5.43 Å². The molecule has 22 heavy (non-hydrogen) atoms. The molecule has 0 amide bonds. The minimum atomic E-state index is -0.0391. The number of ether oxygens (including phenoxy) is 1. The lowest BCUT2D eigenvalue weighted by molar-refractivity contribution is 0.361. The second kappa shape index (κ2) is 7.64. The van der Waals surface area contributed by atoms with E-state index in [1.165, 1.54) is 23.5 Å². The lowest BCUT2D eigenvalue weighted by Gasteiger charge is -2.05. The summed E-state index contributed by atoms with van der Waals surface area (Å²) in [5.74, 6) is 0.704. The first-order valence-electron chi connectivity index (χ1n) is 7.49. The summed E-state index contributed by atoms with van der Waals surface area (Å²) in [6, 6.07) is 6.71. The van der Waals surface area contributed by atoms with Gasteiger partial charge in [0.1, 0.15) is 17.9 Å². The molecule has 0 aliphatic carbocycles. The summed E-state index contributed by atoms with van der Waals surface area (Å²) in [5.41, 5.74) is 3.17. The van der Waals surface area contributed by atoms with Crippen molar-refractivity contribution >= 4 is 11.0 Å². The Morgan fingerprint density at radius 3 is 2.77 bits per heavy atom. The average molecular weight is 298 g/mol. The maximum Gasteiger partial charge on any atom is 0.192 e. The molecule has 0 bridgehead atoms. The molecule has 0 saturated heterocycles. The van der Waals surface area contributed by atoms with E-state index in [0.29, 0.717) is 23.3 Å². The molecule has 116 valence electrons. The van der Waals surface area contributed by atoms with E-state index in [2.05, 4.69) is 32.9 Å². The van der Waals surface area contributed by atoms with Gasteiger partial charge in [0.05, 0.1) is 11.6 Å². The van der Waals surface area contributed by atoms with Crippen molar-refractivity contribution in [1.29, 1.82) is 0 Å². The van der Waals surface area contributed by atoms with Gasteiger partial charge < -0.3 is 9.15 Å². The van der Waals surface area contributed by atoms with Crippen molar-refractivity contribution < 1.29 is 9.15 Å². The monoisotopic (exact) mass is 298 g/mol. The molecule has 3 heteroatoms. The van der Waals surface area contributed by atoms with Crippen molar-refractivity contribution in [3.8, 4) is 5.75 Å². The van der Waals surface area contributed by atoms with Crippen LogP contribution in [0.4, 0.5) is 0 Å². The lowest BCUT2D eigenvalue weighted by Crippen LogP contribution is -1.99. The van der Waals surface area contributed by atoms with Crippen LogP contribution in [0.15, 0.2) is 63.0 Å². The number of benzene rings is 1. The fourth-order valence-corrected chi connectivity index (χ4v) is 2.12. The summed E-state index contributed by atoms with van der Waals surface area (Å²) >= 11 is 0. The molecule has 1 aromatic carbocycles. The van der Waals surface area contributed by atoms with E-state index < -0.39 is 0 Å². The number of hydrogen-bond acceptors (Lipinski definition) is 3. The molecule has 0 atom stereocenters. The zero-order chi connectivity index (χ0) is 15.9. The van der Waals surface area contributed by atoms with Gasteiger partial charge in [0.2, 0.25) is 0 Å². The van der Waals surface area contributed by atoms with Crippen molar-refractivity contribution in [3.05, 3.63) is 64.1 Å². The second-order valence-electron chi connectivity index (χ2n) is 5.62. The van der Waals surface area contributed by atoms with Crippen molar-refractivity contribution in [2.75, 3.05) is 6.61 Å². The third-order valence-corrected chi connectivity index (χ3v) is 3.41. The second-order valence-corrected chi connectivity index (χ2v) is 5.62. The molecule has 2 rings (SSSR count). The van der Waals surface area contributed by atoms with E-state index in [-0.39, 0.29) is 5.43 Å². The normalized spacial score (nSPS) is 11.5. The maximum atomic E-state index is 11.6. The quantitative estimate of drug-likeness (QED) is 0.715. The first-order valence-corrected chi connectivity index (χ1v) is 7.49. The van der Waals surface area contributed by atoms with E-state index in [9.17, 15) is 4.79 Å². The fourth-order valence-electron chi connectivity index (χ4n) is 2.12. The standard InChI is InChI=1S/C19H22O3/c1-14(2)5-4-6-15(3)9-11-21-16-7-8-17-18(20)10-12-22-19(17)13-16/h5,7-10,12-13H,4,6,11H2,1-3H3. The van der Waals surface area contributed by atoms with Crippen molar-refractivity contribution in [2.24, 2.45) is 0 Å². The predicted molar refractivity (Wildman–Crippen MR) is 90.4 cm³/mol. The van der Waals surface area contributed by atoms with Crippen LogP contribution in [0.1, 0.15) is 33.6 Å². The molecule has 0 N–H and O–H groups in total. The first kappa shape index (κ1) is 16.1. The highest BCUT2D eigenvalue weighted by Gasteiger charge is 2.01. The van der Waals surface area contributed by atoms with Crippen LogP contribution >= 0.6 is 0 Å². The maximum absolute atomic E-state index is 11.6. The van der Waals surface area contributed by atoms with Gasteiger partial charge in [0.25, 0.3) is 0 Å². The molecular formula is C19H22O3. The van der Waals surface area contributed by atoms with E-state index in [0.717, 1.165) is 12.8 Å². The van der Waals surface area contributed by atoms with Crippen LogP contribution in [0, 0.1) is 0 Å². The molecule has 2 aromatic rings. The van der Waals surface area contributed by atoms with E-state index >= 15 is 0 Å². The van der Waals surface area contributed by atoms with Crippen LogP contribution in [0.5, 0.6) is 5.75 Å². The van der Waals surface area contributed by atoms with Gasteiger partial charge in [-0.3, -0.25) is 4.79 Å². The lowest BCUT2D eigenvalue weighted by atomic mass is 10.1. The predicted octanol–water partition coefficient (Wildman–Crippen LogP) is 4.86. The smallest absolute Gasteiger partial charge is 0.192 e. The number of rotatable bonds is 6. The molecule has 0 radical (unpaired) electrons. The average Bonchev–Trinajstić information content (AvgIpc) is 2.47. The van der Waals surface area contributed by atoms with Crippen molar-refractivity contribution in [1.82, 2.24) is 0 Å². The Kier molecular flexibility index (Phi) is 5.59. The van der Waals surface area contributed by atoms with Gasteiger partial charge in [-0.25, -0.2) is 0 Å². The van der Waals surface area contributed by atoms with Crippen LogP contribution < -0.4 is 10.2 Å². The van der Waals surface area contributed by atoms with Crippen molar-refractivity contribution in [2.45, 2.75) is 33.6 Å². The molecule has 1 aromatic heterocycles. The van der Waals surface area contributed by atoms with Gasteiger partial charge >= 0.3 is 0 Å². The molecule has 0 fully saturated rings. The molecule has 3 nitrogen and oxygen atoms in total. The largest absolute Gasteiger partial charge is 0.489 e. The van der Waals surface area contributed by atoms with Crippen molar-refractivity contribution in [3.63, 3.8) is 0 Å². The minimum absolute atomic E-state index is 0.0391. The third kappa shape index (κ3) is 4.62. The highest BCUT2D eigenvalue weighted by molar-refractivity contribution is 5.77. The Hall–Kier alpha value is -2.29. The molecule has 0 saturated carbocycles. The molecule has 0 aliphatic rings. The number of allylic oxidation sites excluding steroid dienone is 3. The van der Waals surface area contributed by atoms with Gasteiger partial charge in [-0.05, 0) is 51.8 Å². The zero-order valence-corrected chi connectivity index (χ0v) is 13.4. The summed E-state index contributed by atoms with van der Waals surface area (Å²) in [4.78, 5) is 11.6. The first-order chi connectivity index (χ1) is 10.6. The summed E-state index contributed by atoms with van der Waals surface area (Å²) in [6.07, 6.45) is 7.84. The van der Waals surface area contributed by atoms with Crippen LogP contribution in [-0.4, -0.2) is 6.61 Å². The summed E-state index contributed by atoms with van der Waals surface area (Å²) < 4.78 is 11.0. The SMILES string of the molecule is CC(C)=CCCC(C)=CCOc1ccc2c(=O)ccoc2c1. The Balaban J connectivity index is 1.94. The van der Waals surface area contributed by atoms with E-state index in [1.54, 1.807) is 18.2 Å². The highest BCUT2D eigenvalue weighted by Crippen LogP contribution is 2.18. The molecule has 0 spiro atoms.